The summed E-state index contributed by atoms with van der Waals surface area (Å²) in [6.07, 6.45) is 0.857. The van der Waals surface area contributed by atoms with Crippen molar-refractivity contribution in [3.05, 3.63) is 35.3 Å². The van der Waals surface area contributed by atoms with Crippen LogP contribution < -0.4 is 5.73 Å². The fourth-order valence-corrected chi connectivity index (χ4v) is 2.01. The van der Waals surface area contributed by atoms with Crippen LogP contribution in [0.2, 0.25) is 0 Å². The second-order valence-corrected chi connectivity index (χ2v) is 4.87. The number of rotatable bonds is 2. The van der Waals surface area contributed by atoms with Crippen molar-refractivity contribution < 1.29 is 4.39 Å². The minimum absolute atomic E-state index is 0.230. The van der Waals surface area contributed by atoms with Crippen molar-refractivity contribution in [3.63, 3.8) is 0 Å². The highest BCUT2D eigenvalue weighted by Crippen LogP contribution is 2.25. The van der Waals surface area contributed by atoms with Crippen LogP contribution in [0.4, 0.5) is 10.1 Å². The van der Waals surface area contributed by atoms with Gasteiger partial charge in [0, 0.05) is 22.3 Å². The van der Waals surface area contributed by atoms with Gasteiger partial charge in [-0.15, -0.1) is 0 Å². The summed E-state index contributed by atoms with van der Waals surface area (Å²) < 4.78 is 13.5. The topological polar surface area (TPSA) is 38.9 Å². The fourth-order valence-electron chi connectivity index (χ4n) is 2.01. The number of fused-ring (bicyclic) bond motifs is 1. The summed E-state index contributed by atoms with van der Waals surface area (Å²) in [4.78, 5) is 4.52. The number of nitrogens with two attached hydrogens (primary N) is 1. The van der Waals surface area contributed by atoms with Crippen LogP contribution in [0.5, 0.6) is 0 Å². The Labute approximate surface area is 101 Å². The lowest BCUT2D eigenvalue weighted by Crippen LogP contribution is -2.01. The number of hydrogen-bond acceptors (Lipinski definition) is 2. The molecule has 2 nitrogen and oxygen atoms in total. The molecule has 0 fully saturated rings. The molecule has 2 aromatic rings. The van der Waals surface area contributed by atoms with E-state index in [0.29, 0.717) is 22.7 Å². The van der Waals surface area contributed by atoms with E-state index in [1.165, 1.54) is 6.07 Å². The quantitative estimate of drug-likeness (QED) is 0.861. The molecule has 0 aliphatic heterocycles. The summed E-state index contributed by atoms with van der Waals surface area (Å²) in [7, 11) is 0. The summed E-state index contributed by atoms with van der Waals surface area (Å²) >= 11 is 0. The molecule has 1 heterocycles. The van der Waals surface area contributed by atoms with E-state index in [2.05, 4.69) is 18.8 Å². The van der Waals surface area contributed by atoms with Crippen molar-refractivity contribution >= 4 is 16.6 Å². The summed E-state index contributed by atoms with van der Waals surface area (Å²) in [5.41, 5.74) is 8.84. The molecule has 0 atom stereocenters. The lowest BCUT2D eigenvalue weighted by molar-refractivity contribution is 0.619. The average molecular weight is 232 g/mol. The van der Waals surface area contributed by atoms with Gasteiger partial charge in [-0.05, 0) is 37.5 Å². The maximum Gasteiger partial charge on any atom is 0.128 e. The molecular weight excluding hydrogens is 215 g/mol. The number of benzene rings is 1. The van der Waals surface area contributed by atoms with E-state index >= 15 is 0 Å². The first kappa shape index (κ1) is 11.8. The van der Waals surface area contributed by atoms with Crippen LogP contribution >= 0.6 is 0 Å². The molecule has 0 bridgehead atoms. The molecule has 0 saturated heterocycles. The number of nitrogen functional groups attached to an aromatic ring is 1. The maximum absolute atomic E-state index is 13.5. The zero-order valence-corrected chi connectivity index (χ0v) is 10.4. The van der Waals surface area contributed by atoms with Gasteiger partial charge in [0.2, 0.25) is 0 Å². The molecule has 2 N–H and O–H groups in total. The smallest absolute Gasteiger partial charge is 0.128 e. The molecule has 1 aromatic heterocycles. The van der Waals surface area contributed by atoms with Crippen LogP contribution in [0, 0.1) is 18.7 Å². The van der Waals surface area contributed by atoms with E-state index in [0.717, 1.165) is 17.5 Å². The molecule has 0 saturated carbocycles. The van der Waals surface area contributed by atoms with Gasteiger partial charge in [-0.1, -0.05) is 13.8 Å². The number of hydrogen-bond donors (Lipinski definition) is 1. The van der Waals surface area contributed by atoms with Crippen LogP contribution in [0.15, 0.2) is 18.2 Å². The Bertz CT molecular complexity index is 562. The molecule has 17 heavy (non-hydrogen) atoms. The summed E-state index contributed by atoms with van der Waals surface area (Å²) in [5, 5.41) is 0.830. The number of aryl methyl sites for hydroxylation is 1. The van der Waals surface area contributed by atoms with Gasteiger partial charge in [-0.2, -0.15) is 0 Å². The lowest BCUT2D eigenvalue weighted by atomic mass is 10.0. The van der Waals surface area contributed by atoms with Crippen LogP contribution in [0.3, 0.4) is 0 Å². The van der Waals surface area contributed by atoms with Crippen LogP contribution in [0.25, 0.3) is 10.9 Å². The molecule has 2 rings (SSSR count). The highest BCUT2D eigenvalue weighted by molar-refractivity contribution is 5.92. The molecule has 0 aliphatic carbocycles. The number of halogens is 1. The molecule has 1 aromatic carbocycles. The van der Waals surface area contributed by atoms with Crippen molar-refractivity contribution in [3.8, 4) is 0 Å². The molecule has 0 spiro atoms. The predicted molar refractivity (Wildman–Crippen MR) is 69.4 cm³/mol. The zero-order chi connectivity index (χ0) is 12.6. The van der Waals surface area contributed by atoms with Crippen molar-refractivity contribution in [2.24, 2.45) is 5.92 Å². The Kier molecular flexibility index (Phi) is 3.01. The molecule has 0 amide bonds. The van der Waals surface area contributed by atoms with Crippen LogP contribution in [-0.4, -0.2) is 4.98 Å². The molecule has 0 unspecified atom stereocenters. The number of aromatic nitrogens is 1. The largest absolute Gasteiger partial charge is 0.398 e. The van der Waals surface area contributed by atoms with Gasteiger partial charge in [0.15, 0.2) is 0 Å². The zero-order valence-electron chi connectivity index (χ0n) is 10.4. The fraction of sp³-hybridized carbons (Fsp3) is 0.357. The highest BCUT2D eigenvalue weighted by atomic mass is 19.1. The highest BCUT2D eigenvalue weighted by Gasteiger charge is 2.09. The third-order valence-corrected chi connectivity index (χ3v) is 2.87. The van der Waals surface area contributed by atoms with Crippen molar-refractivity contribution in [1.29, 1.82) is 0 Å². The number of nitrogens with zero attached hydrogens (tertiary/aromatic N) is 1. The first-order chi connectivity index (χ1) is 7.99. The lowest BCUT2D eigenvalue weighted by Gasteiger charge is -2.10. The summed E-state index contributed by atoms with van der Waals surface area (Å²) in [5.74, 6) is 0.277. The average Bonchev–Trinajstić information content (AvgIpc) is 2.23. The number of pyridine rings is 1. The standard InChI is InChI=1S/C14H17FN2/c1-8(2)6-10-7-13(16)11-4-5-12(15)9(3)14(11)17-10/h4-5,7-8H,6H2,1-3H3,(H2,16,17). The SMILES string of the molecule is Cc1c(F)ccc2c(N)cc(CC(C)C)nc12. The number of anilines is 1. The van der Waals surface area contributed by atoms with Gasteiger partial charge in [0.25, 0.3) is 0 Å². The van der Waals surface area contributed by atoms with Gasteiger partial charge < -0.3 is 5.73 Å². The normalized spacial score (nSPS) is 11.4. The Morgan fingerprint density at radius 2 is 2.06 bits per heavy atom. The van der Waals surface area contributed by atoms with E-state index in [-0.39, 0.29) is 5.82 Å². The molecular formula is C14H17FN2. The maximum atomic E-state index is 13.5. The Balaban J connectivity index is 2.66. The molecule has 0 aliphatic rings. The van der Waals surface area contributed by atoms with E-state index in [1.54, 1.807) is 13.0 Å². The third-order valence-electron chi connectivity index (χ3n) is 2.87. The third kappa shape index (κ3) is 2.23. The van der Waals surface area contributed by atoms with Gasteiger partial charge in [0.05, 0.1) is 5.52 Å². The van der Waals surface area contributed by atoms with Crippen molar-refractivity contribution in [2.75, 3.05) is 5.73 Å². The van der Waals surface area contributed by atoms with E-state index < -0.39 is 0 Å². The molecule has 90 valence electrons. The van der Waals surface area contributed by atoms with Gasteiger partial charge >= 0.3 is 0 Å². The van der Waals surface area contributed by atoms with Gasteiger partial charge in [0.1, 0.15) is 5.82 Å². The Morgan fingerprint density at radius 3 is 2.71 bits per heavy atom. The Hall–Kier alpha value is -1.64. The van der Waals surface area contributed by atoms with Crippen molar-refractivity contribution in [2.45, 2.75) is 27.2 Å². The minimum atomic E-state index is -0.230. The second-order valence-electron chi connectivity index (χ2n) is 4.87. The summed E-state index contributed by atoms with van der Waals surface area (Å²) in [6, 6.07) is 5.02. The summed E-state index contributed by atoms with van der Waals surface area (Å²) in [6.45, 7) is 5.99. The van der Waals surface area contributed by atoms with Crippen LogP contribution in [0.1, 0.15) is 25.1 Å². The first-order valence-corrected chi connectivity index (χ1v) is 5.83. The van der Waals surface area contributed by atoms with Crippen LogP contribution in [-0.2, 0) is 6.42 Å². The Morgan fingerprint density at radius 1 is 1.35 bits per heavy atom. The van der Waals surface area contributed by atoms with E-state index in [1.807, 2.05) is 6.07 Å². The minimum Gasteiger partial charge on any atom is -0.398 e. The molecule has 3 heteroatoms. The molecule has 0 radical (unpaired) electrons. The van der Waals surface area contributed by atoms with Crippen molar-refractivity contribution in [1.82, 2.24) is 4.98 Å². The van der Waals surface area contributed by atoms with E-state index in [4.69, 9.17) is 5.73 Å². The van der Waals surface area contributed by atoms with Gasteiger partial charge in [-0.3, -0.25) is 4.98 Å². The first-order valence-electron chi connectivity index (χ1n) is 5.83. The van der Waals surface area contributed by atoms with Gasteiger partial charge in [-0.25, -0.2) is 4.39 Å². The van der Waals surface area contributed by atoms with E-state index in [9.17, 15) is 4.39 Å². The predicted octanol–water partition coefficient (Wildman–Crippen LogP) is 3.46. The monoisotopic (exact) mass is 232 g/mol. The second kappa shape index (κ2) is 4.32.